The standard InChI is InChI=1S/C11H18N4O/c1-9-7-14-10(8-13-9)11(6-12)15-2-4-16-5-3-15/h7-8,11H,2-6,12H2,1H3. The molecule has 1 fully saturated rings. The number of aryl methyl sites for hydroxylation is 1. The van der Waals surface area contributed by atoms with E-state index in [0.717, 1.165) is 37.7 Å². The Balaban J connectivity index is 2.11. The lowest BCUT2D eigenvalue weighted by Gasteiger charge is -2.33. The van der Waals surface area contributed by atoms with E-state index in [9.17, 15) is 0 Å². The second kappa shape index (κ2) is 5.34. The van der Waals surface area contributed by atoms with Crippen molar-refractivity contribution in [3.05, 3.63) is 23.8 Å². The molecular formula is C11H18N4O. The van der Waals surface area contributed by atoms with Crippen molar-refractivity contribution in [2.24, 2.45) is 5.73 Å². The predicted octanol–water partition coefficient (Wildman–Crippen LogP) is 0.117. The number of nitrogens with zero attached hydrogens (tertiary/aromatic N) is 3. The Morgan fingerprint density at radius 1 is 1.38 bits per heavy atom. The first-order valence-electron chi connectivity index (χ1n) is 5.61. The molecule has 1 aliphatic heterocycles. The van der Waals surface area contributed by atoms with Crippen molar-refractivity contribution < 1.29 is 4.74 Å². The molecule has 1 saturated heterocycles. The largest absolute Gasteiger partial charge is 0.379 e. The van der Waals surface area contributed by atoms with Crippen molar-refractivity contribution in [1.82, 2.24) is 14.9 Å². The monoisotopic (exact) mass is 222 g/mol. The van der Waals surface area contributed by atoms with Crippen molar-refractivity contribution in [1.29, 1.82) is 0 Å². The summed E-state index contributed by atoms with van der Waals surface area (Å²) < 4.78 is 5.33. The molecule has 0 bridgehead atoms. The number of hydrogen-bond donors (Lipinski definition) is 1. The van der Waals surface area contributed by atoms with E-state index in [1.165, 1.54) is 0 Å². The van der Waals surface area contributed by atoms with Gasteiger partial charge >= 0.3 is 0 Å². The number of aromatic nitrogens is 2. The van der Waals surface area contributed by atoms with Crippen LogP contribution in [-0.4, -0.2) is 47.7 Å². The molecule has 2 N–H and O–H groups in total. The van der Waals surface area contributed by atoms with Crippen LogP contribution in [0, 0.1) is 6.92 Å². The highest BCUT2D eigenvalue weighted by Crippen LogP contribution is 2.17. The summed E-state index contributed by atoms with van der Waals surface area (Å²) in [7, 11) is 0. The lowest BCUT2D eigenvalue weighted by molar-refractivity contribution is 0.0170. The van der Waals surface area contributed by atoms with Crippen LogP contribution in [0.25, 0.3) is 0 Å². The summed E-state index contributed by atoms with van der Waals surface area (Å²) in [5.41, 5.74) is 7.71. The first-order chi connectivity index (χ1) is 7.81. The van der Waals surface area contributed by atoms with E-state index < -0.39 is 0 Å². The van der Waals surface area contributed by atoms with Gasteiger partial charge in [-0.1, -0.05) is 0 Å². The summed E-state index contributed by atoms with van der Waals surface area (Å²) in [5.74, 6) is 0. The molecule has 5 nitrogen and oxygen atoms in total. The van der Waals surface area contributed by atoms with Gasteiger partial charge in [-0.15, -0.1) is 0 Å². The minimum Gasteiger partial charge on any atom is -0.379 e. The average molecular weight is 222 g/mol. The van der Waals surface area contributed by atoms with Gasteiger partial charge < -0.3 is 10.5 Å². The third-order valence-corrected chi connectivity index (χ3v) is 2.85. The maximum Gasteiger partial charge on any atom is 0.0771 e. The fourth-order valence-electron chi connectivity index (χ4n) is 1.92. The summed E-state index contributed by atoms with van der Waals surface area (Å²) >= 11 is 0. The van der Waals surface area contributed by atoms with Crippen molar-refractivity contribution in [3.8, 4) is 0 Å². The minimum atomic E-state index is 0.164. The van der Waals surface area contributed by atoms with E-state index >= 15 is 0 Å². The molecule has 16 heavy (non-hydrogen) atoms. The van der Waals surface area contributed by atoms with Crippen molar-refractivity contribution in [3.63, 3.8) is 0 Å². The van der Waals surface area contributed by atoms with Gasteiger partial charge in [-0.2, -0.15) is 0 Å². The van der Waals surface area contributed by atoms with E-state index in [0.29, 0.717) is 6.54 Å². The zero-order chi connectivity index (χ0) is 11.4. The average Bonchev–Trinajstić information content (AvgIpc) is 2.34. The van der Waals surface area contributed by atoms with Crippen LogP contribution in [0.3, 0.4) is 0 Å². The first kappa shape index (κ1) is 11.4. The maximum atomic E-state index is 5.82. The van der Waals surface area contributed by atoms with Crippen LogP contribution >= 0.6 is 0 Å². The third-order valence-electron chi connectivity index (χ3n) is 2.85. The topological polar surface area (TPSA) is 64.3 Å². The predicted molar refractivity (Wildman–Crippen MR) is 61.0 cm³/mol. The number of morpholine rings is 1. The molecule has 2 heterocycles. The molecule has 1 aromatic rings. The van der Waals surface area contributed by atoms with Crippen molar-refractivity contribution >= 4 is 0 Å². The van der Waals surface area contributed by atoms with Gasteiger partial charge in [0.1, 0.15) is 0 Å². The van der Waals surface area contributed by atoms with Crippen LogP contribution in [-0.2, 0) is 4.74 Å². The SMILES string of the molecule is Cc1cnc(C(CN)N2CCOCC2)cn1. The molecule has 88 valence electrons. The Bertz CT molecular complexity index is 321. The van der Waals surface area contributed by atoms with E-state index in [2.05, 4.69) is 14.9 Å². The zero-order valence-corrected chi connectivity index (χ0v) is 9.59. The van der Waals surface area contributed by atoms with Gasteiger partial charge in [0.15, 0.2) is 0 Å². The van der Waals surface area contributed by atoms with E-state index in [1.807, 2.05) is 13.1 Å². The van der Waals surface area contributed by atoms with Gasteiger partial charge in [-0.25, -0.2) is 0 Å². The number of ether oxygens (including phenoxy) is 1. The summed E-state index contributed by atoms with van der Waals surface area (Å²) in [6.07, 6.45) is 3.61. The third kappa shape index (κ3) is 2.55. The highest BCUT2D eigenvalue weighted by atomic mass is 16.5. The Morgan fingerprint density at radius 2 is 2.12 bits per heavy atom. The lowest BCUT2D eigenvalue weighted by atomic mass is 10.1. The van der Waals surface area contributed by atoms with Gasteiger partial charge in [0.2, 0.25) is 0 Å². The maximum absolute atomic E-state index is 5.82. The fourth-order valence-corrected chi connectivity index (χ4v) is 1.92. The molecule has 0 radical (unpaired) electrons. The Labute approximate surface area is 95.6 Å². The van der Waals surface area contributed by atoms with E-state index in [1.54, 1.807) is 6.20 Å². The van der Waals surface area contributed by atoms with Crippen LogP contribution in [0.2, 0.25) is 0 Å². The molecular weight excluding hydrogens is 204 g/mol. The van der Waals surface area contributed by atoms with Crippen molar-refractivity contribution in [2.75, 3.05) is 32.8 Å². The van der Waals surface area contributed by atoms with Crippen LogP contribution in [0.15, 0.2) is 12.4 Å². The molecule has 1 unspecified atom stereocenters. The quantitative estimate of drug-likeness (QED) is 0.786. The minimum absolute atomic E-state index is 0.164. The van der Waals surface area contributed by atoms with Gasteiger partial charge in [0.05, 0.1) is 36.8 Å². The number of nitrogens with two attached hydrogens (primary N) is 1. The fraction of sp³-hybridized carbons (Fsp3) is 0.636. The van der Waals surface area contributed by atoms with Gasteiger partial charge in [0.25, 0.3) is 0 Å². The Morgan fingerprint density at radius 3 is 2.69 bits per heavy atom. The van der Waals surface area contributed by atoms with E-state index in [4.69, 9.17) is 10.5 Å². The second-order valence-electron chi connectivity index (χ2n) is 3.98. The molecule has 0 spiro atoms. The van der Waals surface area contributed by atoms with Crippen LogP contribution in [0.4, 0.5) is 0 Å². The highest BCUT2D eigenvalue weighted by molar-refractivity contribution is 5.07. The van der Waals surface area contributed by atoms with Crippen molar-refractivity contribution in [2.45, 2.75) is 13.0 Å². The van der Waals surface area contributed by atoms with Crippen LogP contribution in [0.1, 0.15) is 17.4 Å². The molecule has 0 amide bonds. The van der Waals surface area contributed by atoms with E-state index in [-0.39, 0.29) is 6.04 Å². The molecule has 0 aromatic carbocycles. The van der Waals surface area contributed by atoms with Gasteiger partial charge in [0, 0.05) is 25.8 Å². The second-order valence-corrected chi connectivity index (χ2v) is 3.98. The lowest BCUT2D eigenvalue weighted by Crippen LogP contribution is -2.42. The summed E-state index contributed by atoms with van der Waals surface area (Å²) in [5, 5.41) is 0. The summed E-state index contributed by atoms with van der Waals surface area (Å²) in [6, 6.07) is 0.164. The normalized spacial score (nSPS) is 19.6. The van der Waals surface area contributed by atoms with Gasteiger partial charge in [-0.05, 0) is 6.92 Å². The summed E-state index contributed by atoms with van der Waals surface area (Å²) in [4.78, 5) is 11.0. The number of hydrogen-bond acceptors (Lipinski definition) is 5. The Hall–Kier alpha value is -1.04. The molecule has 2 rings (SSSR count). The molecule has 5 heteroatoms. The molecule has 1 aliphatic rings. The van der Waals surface area contributed by atoms with Crippen LogP contribution < -0.4 is 5.73 Å². The smallest absolute Gasteiger partial charge is 0.0771 e. The molecule has 1 aromatic heterocycles. The molecule has 0 saturated carbocycles. The first-order valence-corrected chi connectivity index (χ1v) is 5.61. The number of rotatable bonds is 3. The Kier molecular flexibility index (Phi) is 3.82. The zero-order valence-electron chi connectivity index (χ0n) is 9.59. The molecule has 1 atom stereocenters. The molecule has 0 aliphatic carbocycles. The van der Waals surface area contributed by atoms with Gasteiger partial charge in [-0.3, -0.25) is 14.9 Å². The summed E-state index contributed by atoms with van der Waals surface area (Å²) in [6.45, 7) is 5.88. The highest BCUT2D eigenvalue weighted by Gasteiger charge is 2.22. The van der Waals surface area contributed by atoms with Crippen LogP contribution in [0.5, 0.6) is 0 Å².